The first kappa shape index (κ1) is 44.5. The van der Waals surface area contributed by atoms with E-state index in [1.165, 1.54) is 0 Å². The Balaban J connectivity index is 3.08. The maximum atomic E-state index is 13.0. The summed E-state index contributed by atoms with van der Waals surface area (Å²) in [6.45, 7) is 9.65. The van der Waals surface area contributed by atoms with Crippen molar-refractivity contribution < 1.29 is 47.7 Å². The molecule has 0 N–H and O–H groups in total. The average molecular weight is 708 g/mol. The molecule has 0 bridgehead atoms. The molecule has 1 aromatic carbocycles. The van der Waals surface area contributed by atoms with Gasteiger partial charge in [0.25, 0.3) is 0 Å². The van der Waals surface area contributed by atoms with E-state index in [-0.39, 0.29) is 65.5 Å². The fourth-order valence-electron chi connectivity index (χ4n) is 4.46. The minimum Gasteiger partial charge on any atom is -0.465 e. The molecule has 0 spiro atoms. The highest BCUT2D eigenvalue weighted by molar-refractivity contribution is 5.76. The van der Waals surface area contributed by atoms with Crippen molar-refractivity contribution in [3.05, 3.63) is 35.9 Å². The zero-order valence-electron chi connectivity index (χ0n) is 30.9. The second-order valence-electron chi connectivity index (χ2n) is 12.1. The van der Waals surface area contributed by atoms with Gasteiger partial charge in [0.1, 0.15) is 6.61 Å². The van der Waals surface area contributed by atoms with Crippen LogP contribution < -0.4 is 0 Å². The van der Waals surface area contributed by atoms with Gasteiger partial charge in [-0.3, -0.25) is 38.7 Å². The number of unbranched alkanes of at least 4 members (excludes halogenated alkanes) is 4. The van der Waals surface area contributed by atoms with E-state index in [2.05, 4.69) is 0 Å². The largest absolute Gasteiger partial charge is 0.465 e. The van der Waals surface area contributed by atoms with E-state index in [0.29, 0.717) is 26.4 Å². The van der Waals surface area contributed by atoms with E-state index < -0.39 is 29.8 Å². The number of rotatable bonds is 30. The summed E-state index contributed by atoms with van der Waals surface area (Å²) >= 11 is 0. The van der Waals surface area contributed by atoms with Gasteiger partial charge in [0, 0.05) is 26.2 Å². The Morgan fingerprint density at radius 2 is 0.740 bits per heavy atom. The maximum Gasteiger partial charge on any atom is 0.320 e. The minimum atomic E-state index is -0.470. The fourth-order valence-corrected chi connectivity index (χ4v) is 4.46. The van der Waals surface area contributed by atoms with E-state index in [1.807, 2.05) is 62.9 Å². The Kier molecular flexibility index (Phi) is 26.0. The van der Waals surface area contributed by atoms with Crippen molar-refractivity contribution in [3.8, 4) is 0 Å². The van der Waals surface area contributed by atoms with Crippen molar-refractivity contribution in [1.29, 1.82) is 0 Å². The summed E-state index contributed by atoms with van der Waals surface area (Å²) in [7, 11) is 0. The molecule has 0 unspecified atom stereocenters. The Morgan fingerprint density at radius 3 is 1.08 bits per heavy atom. The van der Waals surface area contributed by atoms with Gasteiger partial charge in [-0.25, -0.2) is 0 Å². The first-order valence-electron chi connectivity index (χ1n) is 18.2. The van der Waals surface area contributed by atoms with Gasteiger partial charge < -0.3 is 23.7 Å². The number of esters is 5. The molecule has 0 aliphatic carbocycles. The van der Waals surface area contributed by atoms with Crippen LogP contribution in [0.2, 0.25) is 0 Å². The third-order valence-corrected chi connectivity index (χ3v) is 7.51. The van der Waals surface area contributed by atoms with Gasteiger partial charge in [0.2, 0.25) is 0 Å². The van der Waals surface area contributed by atoms with Gasteiger partial charge >= 0.3 is 29.8 Å². The summed E-state index contributed by atoms with van der Waals surface area (Å²) < 4.78 is 26.9. The van der Waals surface area contributed by atoms with Crippen LogP contribution in [0.4, 0.5) is 0 Å². The first-order valence-corrected chi connectivity index (χ1v) is 18.2. The molecule has 0 aliphatic rings. The van der Waals surface area contributed by atoms with Gasteiger partial charge in [0.15, 0.2) is 0 Å². The van der Waals surface area contributed by atoms with Crippen LogP contribution in [0.5, 0.6) is 0 Å². The van der Waals surface area contributed by atoms with Crippen LogP contribution >= 0.6 is 0 Å². The van der Waals surface area contributed by atoms with Crippen LogP contribution in [0.25, 0.3) is 0 Å². The molecule has 50 heavy (non-hydrogen) atoms. The summed E-state index contributed by atoms with van der Waals surface area (Å²) in [5.74, 6) is -2.29. The van der Waals surface area contributed by atoms with Crippen LogP contribution in [0, 0.1) is 0 Å². The normalized spacial score (nSPS) is 11.1. The molecule has 0 atom stereocenters. The lowest BCUT2D eigenvalue weighted by molar-refractivity contribution is -0.150. The molecule has 0 aliphatic heterocycles. The highest BCUT2D eigenvalue weighted by Gasteiger charge is 2.22. The average Bonchev–Trinajstić information content (AvgIpc) is 3.09. The standard InChI is InChI=1S/C37H61N3O10/c1-5-9-22-46-33(41)27-39(28-34(42)47-23-10-6-2)20-18-38(26-37(45)50-31-32-16-14-13-15-17-32)19-21-40(29-35(43)48-24-11-7-3)30-36(44)49-25-12-8-4/h13-17H,5-12,18-31H2,1-4H3. The Bertz CT molecular complexity index is 985. The molecule has 0 saturated carbocycles. The highest BCUT2D eigenvalue weighted by Crippen LogP contribution is 2.04. The maximum absolute atomic E-state index is 13.0. The van der Waals surface area contributed by atoms with Crippen LogP contribution in [-0.4, -0.2) is 130 Å². The Labute approximate surface area is 298 Å². The third kappa shape index (κ3) is 23.7. The van der Waals surface area contributed by atoms with Gasteiger partial charge in [-0.2, -0.15) is 0 Å². The van der Waals surface area contributed by atoms with Crippen LogP contribution in [-0.2, 0) is 54.3 Å². The molecule has 1 aromatic rings. The summed E-state index contributed by atoms with van der Waals surface area (Å²) in [6.07, 6.45) is 6.44. The van der Waals surface area contributed by atoms with E-state index in [1.54, 1.807) is 9.80 Å². The summed E-state index contributed by atoms with van der Waals surface area (Å²) in [5, 5.41) is 0. The molecule has 0 fully saturated rings. The third-order valence-electron chi connectivity index (χ3n) is 7.51. The number of hydrogen-bond acceptors (Lipinski definition) is 13. The van der Waals surface area contributed by atoms with E-state index in [0.717, 1.165) is 56.9 Å². The molecule has 284 valence electrons. The summed E-state index contributed by atoms with van der Waals surface area (Å²) in [4.78, 5) is 68.6. The van der Waals surface area contributed by atoms with Crippen molar-refractivity contribution in [2.24, 2.45) is 0 Å². The van der Waals surface area contributed by atoms with E-state index in [9.17, 15) is 24.0 Å². The summed E-state index contributed by atoms with van der Waals surface area (Å²) in [6, 6.07) is 9.32. The SMILES string of the molecule is CCCCOC(=O)CN(CCN(CCN(CC(=O)OCCCC)CC(=O)OCCCC)CC(=O)OCc1ccccc1)CC(=O)OCCCC. The molecule has 0 aromatic heterocycles. The number of nitrogens with zero attached hydrogens (tertiary/aromatic N) is 3. The molecule has 13 heteroatoms. The van der Waals surface area contributed by atoms with Crippen LogP contribution in [0.1, 0.15) is 84.6 Å². The van der Waals surface area contributed by atoms with Crippen molar-refractivity contribution in [3.63, 3.8) is 0 Å². The van der Waals surface area contributed by atoms with Crippen LogP contribution in [0.3, 0.4) is 0 Å². The smallest absolute Gasteiger partial charge is 0.320 e. The number of hydrogen-bond donors (Lipinski definition) is 0. The first-order chi connectivity index (χ1) is 24.2. The fraction of sp³-hybridized carbons (Fsp3) is 0.703. The van der Waals surface area contributed by atoms with Crippen molar-refractivity contribution in [2.75, 3.05) is 85.3 Å². The van der Waals surface area contributed by atoms with Gasteiger partial charge in [-0.1, -0.05) is 83.7 Å². The molecule has 0 radical (unpaired) electrons. The number of carbonyl (C=O) groups excluding carboxylic acids is 5. The quantitative estimate of drug-likeness (QED) is 0.0647. The van der Waals surface area contributed by atoms with Crippen molar-refractivity contribution in [2.45, 2.75) is 85.7 Å². The highest BCUT2D eigenvalue weighted by atomic mass is 16.5. The van der Waals surface area contributed by atoms with E-state index >= 15 is 0 Å². The molecule has 0 saturated heterocycles. The Morgan fingerprint density at radius 1 is 0.440 bits per heavy atom. The topological polar surface area (TPSA) is 141 Å². The zero-order chi connectivity index (χ0) is 36.8. The molecule has 13 nitrogen and oxygen atoms in total. The summed E-state index contributed by atoms with van der Waals surface area (Å²) in [5.41, 5.74) is 0.844. The monoisotopic (exact) mass is 707 g/mol. The molecule has 0 heterocycles. The van der Waals surface area contributed by atoms with Crippen molar-refractivity contribution in [1.82, 2.24) is 14.7 Å². The predicted octanol–water partition coefficient (Wildman–Crippen LogP) is 4.01. The Hall–Kier alpha value is -3.55. The number of carbonyl (C=O) groups is 5. The minimum absolute atomic E-state index is 0.0989. The molecular formula is C37H61N3O10. The van der Waals surface area contributed by atoms with Gasteiger partial charge in [0.05, 0.1) is 59.2 Å². The van der Waals surface area contributed by atoms with Gasteiger partial charge in [-0.15, -0.1) is 0 Å². The van der Waals surface area contributed by atoms with Crippen LogP contribution in [0.15, 0.2) is 30.3 Å². The second-order valence-corrected chi connectivity index (χ2v) is 12.1. The number of ether oxygens (including phenoxy) is 5. The van der Waals surface area contributed by atoms with Gasteiger partial charge in [-0.05, 0) is 31.2 Å². The lowest BCUT2D eigenvalue weighted by atomic mass is 10.2. The molecule has 1 rings (SSSR count). The molecular weight excluding hydrogens is 646 g/mol. The van der Waals surface area contributed by atoms with E-state index in [4.69, 9.17) is 23.7 Å². The number of benzene rings is 1. The lowest BCUT2D eigenvalue weighted by Gasteiger charge is -2.28. The second kappa shape index (κ2) is 29.2. The lowest BCUT2D eigenvalue weighted by Crippen LogP contribution is -2.46. The molecule has 0 amide bonds. The predicted molar refractivity (Wildman–Crippen MR) is 189 cm³/mol. The van der Waals surface area contributed by atoms with Crippen molar-refractivity contribution >= 4 is 29.8 Å². The zero-order valence-corrected chi connectivity index (χ0v) is 30.9.